The maximum atomic E-state index is 10.2. The van der Waals surface area contributed by atoms with Crippen LogP contribution in [0.15, 0.2) is 60.2 Å². The van der Waals surface area contributed by atoms with Crippen molar-refractivity contribution < 1.29 is 9.84 Å². The molecule has 2 aromatic carbocycles. The third kappa shape index (κ3) is 3.97. The van der Waals surface area contributed by atoms with E-state index in [1.807, 2.05) is 61.5 Å². The van der Waals surface area contributed by atoms with Crippen LogP contribution >= 0.6 is 0 Å². The largest absolute Gasteiger partial charge is 0.497 e. The molecular weight excluding hydrogens is 248 g/mol. The number of hydrogen-bond acceptors (Lipinski definition) is 2. The number of aliphatic hydroxyl groups excluding tert-OH is 1. The van der Waals surface area contributed by atoms with Crippen molar-refractivity contribution in [3.8, 4) is 5.75 Å². The fraction of sp³-hybridized carbons (Fsp3) is 0.222. The Kier molecular flexibility index (Phi) is 4.97. The standard InChI is InChI=1S/C18H20O2/c1-14(12-15-8-10-17(20-2)11-9-15)13-18(19)16-6-4-3-5-7-16/h3-12,18-19H,13H2,1-2H3/b14-12+. The molecule has 0 aliphatic rings. The van der Waals surface area contributed by atoms with Crippen LogP contribution in [0.4, 0.5) is 0 Å². The van der Waals surface area contributed by atoms with Crippen molar-refractivity contribution in [1.29, 1.82) is 0 Å². The van der Waals surface area contributed by atoms with E-state index in [-0.39, 0.29) is 0 Å². The van der Waals surface area contributed by atoms with Crippen LogP contribution in [0.1, 0.15) is 30.6 Å². The summed E-state index contributed by atoms with van der Waals surface area (Å²) in [6.45, 7) is 2.04. The molecule has 0 aliphatic carbocycles. The van der Waals surface area contributed by atoms with E-state index in [2.05, 4.69) is 6.08 Å². The minimum Gasteiger partial charge on any atom is -0.497 e. The van der Waals surface area contributed by atoms with Gasteiger partial charge in [0.15, 0.2) is 0 Å². The minimum absolute atomic E-state index is 0.453. The molecule has 0 fully saturated rings. The second kappa shape index (κ2) is 6.92. The van der Waals surface area contributed by atoms with Gasteiger partial charge in [-0.2, -0.15) is 0 Å². The van der Waals surface area contributed by atoms with Crippen molar-refractivity contribution >= 4 is 6.08 Å². The summed E-state index contributed by atoms with van der Waals surface area (Å²) < 4.78 is 5.14. The summed E-state index contributed by atoms with van der Waals surface area (Å²) in [5.41, 5.74) is 3.21. The Morgan fingerprint density at radius 2 is 1.75 bits per heavy atom. The Labute approximate surface area is 120 Å². The third-order valence-corrected chi connectivity index (χ3v) is 3.23. The zero-order valence-electron chi connectivity index (χ0n) is 11.9. The molecule has 2 heteroatoms. The molecule has 1 unspecified atom stereocenters. The van der Waals surface area contributed by atoms with Crippen molar-refractivity contribution in [3.05, 3.63) is 71.3 Å². The van der Waals surface area contributed by atoms with Crippen molar-refractivity contribution in [1.82, 2.24) is 0 Å². The normalized spacial score (nSPS) is 13.1. The van der Waals surface area contributed by atoms with Gasteiger partial charge >= 0.3 is 0 Å². The van der Waals surface area contributed by atoms with Crippen LogP contribution in [0.25, 0.3) is 6.08 Å². The molecule has 0 radical (unpaired) electrons. The van der Waals surface area contributed by atoms with Crippen LogP contribution in [0.2, 0.25) is 0 Å². The first-order valence-corrected chi connectivity index (χ1v) is 6.73. The van der Waals surface area contributed by atoms with Gasteiger partial charge in [-0.15, -0.1) is 0 Å². The van der Waals surface area contributed by atoms with Gasteiger partial charge in [0.1, 0.15) is 5.75 Å². The predicted molar refractivity (Wildman–Crippen MR) is 82.7 cm³/mol. The van der Waals surface area contributed by atoms with Crippen LogP contribution in [0, 0.1) is 0 Å². The zero-order valence-corrected chi connectivity index (χ0v) is 11.9. The Morgan fingerprint density at radius 3 is 2.35 bits per heavy atom. The molecule has 0 aliphatic heterocycles. The highest BCUT2D eigenvalue weighted by Gasteiger charge is 2.07. The molecule has 2 rings (SSSR count). The van der Waals surface area contributed by atoms with E-state index in [9.17, 15) is 5.11 Å². The number of ether oxygens (including phenoxy) is 1. The molecule has 0 bridgehead atoms. The van der Waals surface area contributed by atoms with Crippen molar-refractivity contribution in [2.45, 2.75) is 19.4 Å². The van der Waals surface area contributed by atoms with Gasteiger partial charge in [-0.05, 0) is 36.6 Å². The Bertz CT molecular complexity index is 556. The summed E-state index contributed by atoms with van der Waals surface area (Å²) in [6, 6.07) is 17.6. The summed E-state index contributed by atoms with van der Waals surface area (Å²) in [5, 5.41) is 10.2. The lowest BCUT2D eigenvalue weighted by atomic mass is 10.0. The summed E-state index contributed by atoms with van der Waals surface area (Å²) in [6.07, 6.45) is 2.27. The first-order valence-electron chi connectivity index (χ1n) is 6.73. The van der Waals surface area contributed by atoms with E-state index in [0.29, 0.717) is 6.42 Å². The van der Waals surface area contributed by atoms with Gasteiger partial charge in [0.25, 0.3) is 0 Å². The van der Waals surface area contributed by atoms with Gasteiger partial charge in [-0.3, -0.25) is 0 Å². The van der Waals surface area contributed by atoms with Gasteiger partial charge < -0.3 is 9.84 Å². The van der Waals surface area contributed by atoms with Crippen LogP contribution in [-0.4, -0.2) is 12.2 Å². The first-order chi connectivity index (χ1) is 9.69. The predicted octanol–water partition coefficient (Wildman–Crippen LogP) is 4.22. The van der Waals surface area contributed by atoms with Crippen LogP contribution in [0.5, 0.6) is 5.75 Å². The lowest BCUT2D eigenvalue weighted by Crippen LogP contribution is -1.97. The smallest absolute Gasteiger partial charge is 0.118 e. The van der Waals surface area contributed by atoms with E-state index >= 15 is 0 Å². The molecule has 0 heterocycles. The average molecular weight is 268 g/mol. The molecule has 104 valence electrons. The van der Waals surface area contributed by atoms with Crippen molar-refractivity contribution in [3.63, 3.8) is 0 Å². The molecule has 1 N–H and O–H groups in total. The number of hydrogen-bond donors (Lipinski definition) is 1. The number of benzene rings is 2. The molecule has 1 atom stereocenters. The maximum Gasteiger partial charge on any atom is 0.118 e. The molecule has 20 heavy (non-hydrogen) atoms. The van der Waals surface area contributed by atoms with Gasteiger partial charge in [0.2, 0.25) is 0 Å². The topological polar surface area (TPSA) is 29.5 Å². The first kappa shape index (κ1) is 14.4. The second-order valence-corrected chi connectivity index (χ2v) is 4.89. The molecule has 0 saturated carbocycles. The second-order valence-electron chi connectivity index (χ2n) is 4.89. The Balaban J connectivity index is 2.03. The molecule has 2 nitrogen and oxygen atoms in total. The number of rotatable bonds is 5. The van der Waals surface area contributed by atoms with Crippen LogP contribution < -0.4 is 4.74 Å². The van der Waals surface area contributed by atoms with Crippen LogP contribution in [-0.2, 0) is 0 Å². The van der Waals surface area contributed by atoms with E-state index in [4.69, 9.17) is 4.74 Å². The third-order valence-electron chi connectivity index (χ3n) is 3.23. The molecule has 0 aromatic heterocycles. The van der Waals surface area contributed by atoms with Crippen LogP contribution in [0.3, 0.4) is 0 Å². The Morgan fingerprint density at radius 1 is 1.10 bits per heavy atom. The average Bonchev–Trinajstić information content (AvgIpc) is 2.49. The van der Waals surface area contributed by atoms with E-state index in [1.54, 1.807) is 7.11 Å². The highest BCUT2D eigenvalue weighted by Crippen LogP contribution is 2.22. The summed E-state index contributed by atoms with van der Waals surface area (Å²) in [7, 11) is 1.66. The van der Waals surface area contributed by atoms with Gasteiger partial charge in [-0.1, -0.05) is 54.1 Å². The number of methoxy groups -OCH3 is 1. The lowest BCUT2D eigenvalue weighted by molar-refractivity contribution is 0.178. The highest BCUT2D eigenvalue weighted by atomic mass is 16.5. The zero-order chi connectivity index (χ0) is 14.4. The van der Waals surface area contributed by atoms with Crippen molar-refractivity contribution in [2.75, 3.05) is 7.11 Å². The molecule has 0 amide bonds. The SMILES string of the molecule is COc1ccc(/C=C(\C)CC(O)c2ccccc2)cc1. The van der Waals surface area contributed by atoms with Gasteiger partial charge in [0.05, 0.1) is 13.2 Å². The molecule has 2 aromatic rings. The fourth-order valence-corrected chi connectivity index (χ4v) is 2.14. The maximum absolute atomic E-state index is 10.2. The minimum atomic E-state index is -0.453. The van der Waals surface area contributed by atoms with E-state index in [1.165, 1.54) is 0 Å². The van der Waals surface area contributed by atoms with Crippen molar-refractivity contribution in [2.24, 2.45) is 0 Å². The van der Waals surface area contributed by atoms with Gasteiger partial charge in [-0.25, -0.2) is 0 Å². The van der Waals surface area contributed by atoms with E-state index in [0.717, 1.165) is 22.4 Å². The molecular formula is C18H20O2. The summed E-state index contributed by atoms with van der Waals surface area (Å²) in [5.74, 6) is 0.851. The van der Waals surface area contributed by atoms with E-state index < -0.39 is 6.10 Å². The Hall–Kier alpha value is -2.06. The quantitative estimate of drug-likeness (QED) is 0.879. The number of aliphatic hydroxyl groups is 1. The highest BCUT2D eigenvalue weighted by molar-refractivity contribution is 5.53. The summed E-state index contributed by atoms with van der Waals surface area (Å²) >= 11 is 0. The molecule has 0 spiro atoms. The monoisotopic (exact) mass is 268 g/mol. The summed E-state index contributed by atoms with van der Waals surface area (Å²) in [4.78, 5) is 0. The van der Waals surface area contributed by atoms with Gasteiger partial charge in [0, 0.05) is 0 Å². The lowest BCUT2D eigenvalue weighted by Gasteiger charge is -2.11. The fourth-order valence-electron chi connectivity index (χ4n) is 2.14. The molecule has 0 saturated heterocycles.